The lowest BCUT2D eigenvalue weighted by Crippen LogP contribution is -2.30. The molecule has 3 rings (SSSR count). The van der Waals surface area contributed by atoms with Gasteiger partial charge in [-0.2, -0.15) is 0 Å². The number of nitrogens with two attached hydrogens (primary N) is 1. The van der Waals surface area contributed by atoms with E-state index in [1.807, 2.05) is 67.8 Å². The molecule has 0 fully saturated rings. The van der Waals surface area contributed by atoms with Crippen LogP contribution in [0.2, 0.25) is 0 Å². The van der Waals surface area contributed by atoms with Crippen molar-refractivity contribution in [2.75, 3.05) is 26.4 Å². The van der Waals surface area contributed by atoms with Gasteiger partial charge in [-0.1, -0.05) is 74.6 Å². The molecule has 0 spiro atoms. The zero-order chi connectivity index (χ0) is 23.8. The Morgan fingerprint density at radius 3 is 2.64 bits per heavy atom. The fraction of sp³-hybridized carbons (Fsp3) is 0.276. The molecule has 172 valence electrons. The lowest BCUT2D eigenvalue weighted by Gasteiger charge is -2.23. The third kappa shape index (κ3) is 6.48. The molecule has 4 nitrogen and oxygen atoms in total. The van der Waals surface area contributed by atoms with E-state index in [1.165, 1.54) is 0 Å². The maximum absolute atomic E-state index is 13.1. The minimum Gasteiger partial charge on any atom is -0.501 e. The predicted octanol–water partition coefficient (Wildman–Crippen LogP) is 6.08. The van der Waals surface area contributed by atoms with Crippen LogP contribution in [0.1, 0.15) is 37.8 Å². The summed E-state index contributed by atoms with van der Waals surface area (Å²) in [6, 6.07) is 6.14. The van der Waals surface area contributed by atoms with Gasteiger partial charge in [-0.25, -0.2) is 0 Å². The van der Waals surface area contributed by atoms with Crippen LogP contribution < -0.4 is 5.73 Å². The Balaban J connectivity index is 1.91. The highest BCUT2D eigenvalue weighted by Gasteiger charge is 2.18. The van der Waals surface area contributed by atoms with Crippen LogP contribution in [0.3, 0.4) is 0 Å². The van der Waals surface area contributed by atoms with E-state index in [4.69, 9.17) is 10.5 Å². The Labute approximate surface area is 197 Å². The molecule has 1 aromatic carbocycles. The van der Waals surface area contributed by atoms with Gasteiger partial charge >= 0.3 is 0 Å². The van der Waals surface area contributed by atoms with E-state index in [-0.39, 0.29) is 5.91 Å². The van der Waals surface area contributed by atoms with E-state index < -0.39 is 0 Å². The highest BCUT2D eigenvalue weighted by atomic mass is 16.5. The van der Waals surface area contributed by atoms with Crippen molar-refractivity contribution in [3.63, 3.8) is 0 Å². The van der Waals surface area contributed by atoms with Crippen LogP contribution in [0.4, 0.5) is 5.69 Å². The summed E-state index contributed by atoms with van der Waals surface area (Å²) in [7, 11) is 3.55. The lowest BCUT2D eigenvalue weighted by atomic mass is 9.93. The molecule has 0 atom stereocenters. The van der Waals surface area contributed by atoms with Crippen molar-refractivity contribution in [3.05, 3.63) is 101 Å². The number of rotatable bonds is 7. The number of likely N-dealkylation sites (N-methyl/N-ethyl adjacent to an activating group) is 1. The second-order valence-electron chi connectivity index (χ2n) is 8.70. The van der Waals surface area contributed by atoms with Gasteiger partial charge in [0.2, 0.25) is 5.91 Å². The number of carbonyl (C=O) groups is 1. The SMILES string of the molecule is COC1=CC=CC=C(c2ccc(N)c(/C(=C\C(C)C)CN(C)C(=O)C3=CC=CC=CC3)c2)C1. The minimum absolute atomic E-state index is 0.0297. The summed E-state index contributed by atoms with van der Waals surface area (Å²) >= 11 is 0. The fourth-order valence-corrected chi connectivity index (χ4v) is 3.95. The number of amides is 1. The van der Waals surface area contributed by atoms with Crippen LogP contribution in [0.5, 0.6) is 0 Å². The van der Waals surface area contributed by atoms with Gasteiger partial charge in [0.15, 0.2) is 0 Å². The molecule has 0 radical (unpaired) electrons. The van der Waals surface area contributed by atoms with E-state index in [0.29, 0.717) is 31.0 Å². The quantitative estimate of drug-likeness (QED) is 0.521. The fourth-order valence-electron chi connectivity index (χ4n) is 3.95. The molecule has 0 saturated heterocycles. The second-order valence-corrected chi connectivity index (χ2v) is 8.70. The minimum atomic E-state index is 0.0297. The molecule has 2 N–H and O–H groups in total. The number of hydrogen-bond donors (Lipinski definition) is 1. The Hall–Kier alpha value is -3.53. The maximum Gasteiger partial charge on any atom is 0.250 e. The van der Waals surface area contributed by atoms with Crippen LogP contribution >= 0.6 is 0 Å². The van der Waals surface area contributed by atoms with Gasteiger partial charge in [0.25, 0.3) is 0 Å². The maximum atomic E-state index is 13.1. The first-order chi connectivity index (χ1) is 15.9. The molecular weight excluding hydrogens is 408 g/mol. The smallest absolute Gasteiger partial charge is 0.250 e. The van der Waals surface area contributed by atoms with Gasteiger partial charge < -0.3 is 15.4 Å². The van der Waals surface area contributed by atoms with Crippen molar-refractivity contribution in [1.82, 2.24) is 4.90 Å². The normalized spacial score (nSPS) is 16.0. The predicted molar refractivity (Wildman–Crippen MR) is 139 cm³/mol. The van der Waals surface area contributed by atoms with Gasteiger partial charge in [0.1, 0.15) is 0 Å². The van der Waals surface area contributed by atoms with Crippen LogP contribution in [-0.2, 0) is 9.53 Å². The molecule has 2 aliphatic rings. The Morgan fingerprint density at radius 1 is 1.12 bits per heavy atom. The average molecular weight is 443 g/mol. The van der Waals surface area contributed by atoms with E-state index in [9.17, 15) is 4.79 Å². The van der Waals surface area contributed by atoms with E-state index in [1.54, 1.807) is 12.0 Å². The summed E-state index contributed by atoms with van der Waals surface area (Å²) in [4.78, 5) is 14.9. The van der Waals surface area contributed by atoms with E-state index in [0.717, 1.165) is 33.6 Å². The third-order valence-corrected chi connectivity index (χ3v) is 5.64. The van der Waals surface area contributed by atoms with Gasteiger partial charge in [-0.15, -0.1) is 0 Å². The van der Waals surface area contributed by atoms with Crippen molar-refractivity contribution < 1.29 is 9.53 Å². The highest BCUT2D eigenvalue weighted by Crippen LogP contribution is 2.31. The molecule has 1 amide bonds. The van der Waals surface area contributed by atoms with Crippen molar-refractivity contribution in [3.8, 4) is 0 Å². The summed E-state index contributed by atoms with van der Waals surface area (Å²) in [6.45, 7) is 4.76. The zero-order valence-corrected chi connectivity index (χ0v) is 20.0. The number of hydrogen-bond acceptors (Lipinski definition) is 3. The summed E-state index contributed by atoms with van der Waals surface area (Å²) < 4.78 is 5.50. The molecule has 33 heavy (non-hydrogen) atoms. The first-order valence-electron chi connectivity index (χ1n) is 11.4. The van der Waals surface area contributed by atoms with E-state index in [2.05, 4.69) is 32.1 Å². The molecule has 0 heterocycles. The number of nitrogen functional groups attached to an aromatic ring is 1. The van der Waals surface area contributed by atoms with Crippen molar-refractivity contribution in [1.29, 1.82) is 0 Å². The molecule has 0 aromatic heterocycles. The van der Waals surface area contributed by atoms with Crippen LogP contribution in [0.15, 0.2) is 90.3 Å². The van der Waals surface area contributed by atoms with Crippen LogP contribution in [0.25, 0.3) is 11.1 Å². The lowest BCUT2D eigenvalue weighted by molar-refractivity contribution is -0.125. The summed E-state index contributed by atoms with van der Waals surface area (Å²) in [5.74, 6) is 1.26. The largest absolute Gasteiger partial charge is 0.501 e. The number of allylic oxidation sites excluding steroid dienone is 11. The topological polar surface area (TPSA) is 55.6 Å². The average Bonchev–Trinajstić information content (AvgIpc) is 3.21. The second kappa shape index (κ2) is 11.4. The molecule has 0 unspecified atom stereocenters. The van der Waals surface area contributed by atoms with Crippen LogP contribution in [0, 0.1) is 5.92 Å². The van der Waals surface area contributed by atoms with Gasteiger partial charge in [-0.3, -0.25) is 4.79 Å². The van der Waals surface area contributed by atoms with Crippen molar-refractivity contribution in [2.24, 2.45) is 5.92 Å². The molecule has 0 bridgehead atoms. The number of nitrogens with zero attached hydrogens (tertiary/aromatic N) is 1. The van der Waals surface area contributed by atoms with E-state index >= 15 is 0 Å². The highest BCUT2D eigenvalue weighted by molar-refractivity contribution is 5.95. The molecule has 4 heteroatoms. The Bertz CT molecular complexity index is 1090. The summed E-state index contributed by atoms with van der Waals surface area (Å²) in [5, 5.41) is 0. The van der Waals surface area contributed by atoms with Crippen molar-refractivity contribution >= 4 is 22.7 Å². The van der Waals surface area contributed by atoms with Crippen molar-refractivity contribution in [2.45, 2.75) is 26.7 Å². The number of methoxy groups -OCH3 is 1. The Morgan fingerprint density at radius 2 is 1.88 bits per heavy atom. The van der Waals surface area contributed by atoms with Gasteiger partial charge in [0.05, 0.1) is 12.9 Å². The van der Waals surface area contributed by atoms with Gasteiger partial charge in [-0.05, 0) is 47.3 Å². The monoisotopic (exact) mass is 442 g/mol. The number of carbonyl (C=O) groups excluding carboxylic acids is 1. The zero-order valence-electron chi connectivity index (χ0n) is 20.0. The molecule has 2 aliphatic carbocycles. The summed E-state index contributed by atoms with van der Waals surface area (Å²) in [6.07, 6.45) is 21.4. The number of benzene rings is 1. The standard InChI is InChI=1S/C29H34N2O2/c1-21(2)17-25(20-31(3)29(32)22-11-7-5-6-8-12-22)27-19-24(15-16-28(27)30)23-13-9-10-14-26(18-23)33-4/h5-11,13-17,19,21H,12,18,20,30H2,1-4H3/b25-17-. The molecular formula is C29H34N2O2. The number of anilines is 1. The molecule has 0 saturated carbocycles. The molecule has 1 aromatic rings. The summed E-state index contributed by atoms with van der Waals surface area (Å²) in [5.41, 5.74) is 12.2. The first kappa shape index (κ1) is 24.1. The van der Waals surface area contributed by atoms with Crippen LogP contribution in [-0.4, -0.2) is 31.5 Å². The molecule has 0 aliphatic heterocycles. The Kier molecular flexibility index (Phi) is 8.31. The van der Waals surface area contributed by atoms with Gasteiger partial charge in [0, 0.05) is 36.8 Å². The first-order valence-corrected chi connectivity index (χ1v) is 11.4. The third-order valence-electron chi connectivity index (χ3n) is 5.64. The number of ether oxygens (including phenoxy) is 1.